The number of rotatable bonds is 2. The molecule has 4 nitrogen and oxygen atoms in total. The number of carbonyl (C=O) groups is 2. The van der Waals surface area contributed by atoms with Crippen LogP contribution in [0.1, 0.15) is 59.8 Å². The lowest BCUT2D eigenvalue weighted by Gasteiger charge is -2.42. The van der Waals surface area contributed by atoms with Crippen molar-refractivity contribution < 1.29 is 9.59 Å². The van der Waals surface area contributed by atoms with Crippen molar-refractivity contribution in [2.24, 2.45) is 11.8 Å². The molecule has 2 rings (SSSR count). The summed E-state index contributed by atoms with van der Waals surface area (Å²) in [6.07, 6.45) is 4.51. The Hall–Kier alpha value is -1.06. The monoisotopic (exact) mass is 280 g/mol. The van der Waals surface area contributed by atoms with Crippen LogP contribution in [0.2, 0.25) is 0 Å². The van der Waals surface area contributed by atoms with Gasteiger partial charge in [0.2, 0.25) is 11.8 Å². The lowest BCUT2D eigenvalue weighted by atomic mass is 9.78. The van der Waals surface area contributed by atoms with Crippen molar-refractivity contribution in [3.63, 3.8) is 0 Å². The highest BCUT2D eigenvalue weighted by atomic mass is 16.2. The standard InChI is InChI=1S/C16H28N2O2/c1-5-16(4)15(20)18(9-8-14(19)17-16)13-7-6-11(2)10-12(13)3/h11-13H,5-10H2,1-4H3,(H,17,19). The molecule has 0 aromatic rings. The molecule has 4 unspecified atom stereocenters. The largest absolute Gasteiger partial charge is 0.342 e. The van der Waals surface area contributed by atoms with Crippen molar-refractivity contribution in [1.82, 2.24) is 10.2 Å². The Bertz CT molecular complexity index is 396. The van der Waals surface area contributed by atoms with Gasteiger partial charge in [-0.2, -0.15) is 0 Å². The minimum atomic E-state index is -0.726. The second kappa shape index (κ2) is 5.74. The molecular formula is C16H28N2O2. The van der Waals surface area contributed by atoms with E-state index in [1.807, 2.05) is 18.7 Å². The van der Waals surface area contributed by atoms with E-state index in [1.54, 1.807) is 0 Å². The van der Waals surface area contributed by atoms with Crippen LogP contribution in [0.15, 0.2) is 0 Å². The van der Waals surface area contributed by atoms with Crippen LogP contribution < -0.4 is 5.32 Å². The summed E-state index contributed by atoms with van der Waals surface area (Å²) in [5, 5.41) is 2.92. The maximum Gasteiger partial charge on any atom is 0.248 e. The molecule has 1 aliphatic heterocycles. The Morgan fingerprint density at radius 3 is 2.60 bits per heavy atom. The summed E-state index contributed by atoms with van der Waals surface area (Å²) in [4.78, 5) is 26.8. The number of carbonyl (C=O) groups excluding carboxylic acids is 2. The summed E-state index contributed by atoms with van der Waals surface area (Å²) < 4.78 is 0. The quantitative estimate of drug-likeness (QED) is 0.844. The molecule has 1 saturated heterocycles. The molecule has 2 aliphatic rings. The van der Waals surface area contributed by atoms with Gasteiger partial charge in [0.25, 0.3) is 0 Å². The van der Waals surface area contributed by atoms with Crippen molar-refractivity contribution in [1.29, 1.82) is 0 Å². The zero-order valence-corrected chi connectivity index (χ0v) is 13.2. The molecule has 1 aliphatic carbocycles. The lowest BCUT2D eigenvalue weighted by molar-refractivity contribution is -0.142. The first-order valence-electron chi connectivity index (χ1n) is 7.99. The van der Waals surface area contributed by atoms with Gasteiger partial charge in [-0.15, -0.1) is 0 Å². The van der Waals surface area contributed by atoms with Crippen LogP contribution in [0.3, 0.4) is 0 Å². The predicted molar refractivity (Wildman–Crippen MR) is 79.1 cm³/mol. The third-order valence-corrected chi connectivity index (χ3v) is 5.22. The fourth-order valence-corrected chi connectivity index (χ4v) is 3.73. The van der Waals surface area contributed by atoms with E-state index in [0.717, 1.165) is 12.3 Å². The van der Waals surface area contributed by atoms with E-state index in [4.69, 9.17) is 0 Å². The third kappa shape index (κ3) is 2.84. The second-order valence-electron chi connectivity index (χ2n) is 6.95. The Morgan fingerprint density at radius 2 is 2.00 bits per heavy atom. The zero-order chi connectivity index (χ0) is 14.9. The van der Waals surface area contributed by atoms with Crippen LogP contribution in [0, 0.1) is 11.8 Å². The van der Waals surface area contributed by atoms with Gasteiger partial charge in [-0.3, -0.25) is 9.59 Å². The molecule has 1 N–H and O–H groups in total. The van der Waals surface area contributed by atoms with Gasteiger partial charge in [0.05, 0.1) is 0 Å². The van der Waals surface area contributed by atoms with E-state index in [0.29, 0.717) is 31.3 Å². The van der Waals surface area contributed by atoms with Gasteiger partial charge in [0.15, 0.2) is 0 Å². The highest BCUT2D eigenvalue weighted by Crippen LogP contribution is 2.34. The topological polar surface area (TPSA) is 49.4 Å². The average Bonchev–Trinajstić information content (AvgIpc) is 2.50. The second-order valence-corrected chi connectivity index (χ2v) is 6.95. The first-order valence-corrected chi connectivity index (χ1v) is 7.99. The number of nitrogens with one attached hydrogen (secondary N) is 1. The van der Waals surface area contributed by atoms with Gasteiger partial charge in [-0.05, 0) is 44.4 Å². The SMILES string of the molecule is CCC1(C)NC(=O)CCN(C2CCC(C)CC2C)C1=O. The van der Waals surface area contributed by atoms with Crippen molar-refractivity contribution >= 4 is 11.8 Å². The molecule has 4 atom stereocenters. The van der Waals surface area contributed by atoms with Crippen molar-refractivity contribution in [2.75, 3.05) is 6.54 Å². The predicted octanol–water partition coefficient (Wildman–Crippen LogP) is 2.33. The highest BCUT2D eigenvalue weighted by molar-refractivity contribution is 5.93. The molecule has 20 heavy (non-hydrogen) atoms. The Kier molecular flexibility index (Phi) is 4.40. The summed E-state index contributed by atoms with van der Waals surface area (Å²) in [6.45, 7) is 8.94. The first-order chi connectivity index (χ1) is 9.37. The van der Waals surface area contributed by atoms with Crippen LogP contribution in [0.4, 0.5) is 0 Å². The summed E-state index contributed by atoms with van der Waals surface area (Å²) in [5.41, 5.74) is -0.726. The Labute approximate surface area is 122 Å². The summed E-state index contributed by atoms with van der Waals surface area (Å²) >= 11 is 0. The smallest absolute Gasteiger partial charge is 0.248 e. The van der Waals surface area contributed by atoms with E-state index in [2.05, 4.69) is 19.2 Å². The highest BCUT2D eigenvalue weighted by Gasteiger charge is 2.43. The maximum atomic E-state index is 12.9. The molecule has 4 heteroatoms. The Morgan fingerprint density at radius 1 is 1.30 bits per heavy atom. The Balaban J connectivity index is 2.21. The van der Waals surface area contributed by atoms with Gasteiger partial charge in [-0.1, -0.05) is 20.8 Å². The number of hydrogen-bond donors (Lipinski definition) is 1. The molecule has 0 aromatic carbocycles. The molecule has 0 radical (unpaired) electrons. The molecule has 2 amide bonds. The van der Waals surface area contributed by atoms with E-state index in [1.165, 1.54) is 12.8 Å². The van der Waals surface area contributed by atoms with Gasteiger partial charge in [-0.25, -0.2) is 0 Å². The van der Waals surface area contributed by atoms with Crippen LogP contribution >= 0.6 is 0 Å². The van der Waals surface area contributed by atoms with Gasteiger partial charge in [0.1, 0.15) is 5.54 Å². The number of amides is 2. The third-order valence-electron chi connectivity index (χ3n) is 5.22. The molecule has 2 fully saturated rings. The fourth-order valence-electron chi connectivity index (χ4n) is 3.73. The van der Waals surface area contributed by atoms with Crippen molar-refractivity contribution in [3.05, 3.63) is 0 Å². The van der Waals surface area contributed by atoms with Crippen LogP contribution in [0.25, 0.3) is 0 Å². The maximum absolute atomic E-state index is 12.9. The molecule has 0 spiro atoms. The fraction of sp³-hybridized carbons (Fsp3) is 0.875. The van der Waals surface area contributed by atoms with E-state index < -0.39 is 5.54 Å². The molecule has 0 aromatic heterocycles. The van der Waals surface area contributed by atoms with E-state index in [-0.39, 0.29) is 11.8 Å². The average molecular weight is 280 g/mol. The summed E-state index contributed by atoms with van der Waals surface area (Å²) in [6, 6.07) is 0.303. The first kappa shape index (κ1) is 15.3. The minimum absolute atomic E-state index is 0.00188. The molecule has 114 valence electrons. The van der Waals surface area contributed by atoms with E-state index in [9.17, 15) is 9.59 Å². The van der Waals surface area contributed by atoms with Crippen molar-refractivity contribution in [3.8, 4) is 0 Å². The zero-order valence-electron chi connectivity index (χ0n) is 13.2. The summed E-state index contributed by atoms with van der Waals surface area (Å²) in [5.74, 6) is 1.39. The van der Waals surface area contributed by atoms with Gasteiger partial charge in [0, 0.05) is 19.0 Å². The number of hydrogen-bond acceptors (Lipinski definition) is 2. The molecule has 1 saturated carbocycles. The van der Waals surface area contributed by atoms with Gasteiger partial charge >= 0.3 is 0 Å². The molecule has 1 heterocycles. The van der Waals surface area contributed by atoms with Crippen molar-refractivity contribution in [2.45, 2.75) is 71.4 Å². The van der Waals surface area contributed by atoms with Crippen LogP contribution in [0.5, 0.6) is 0 Å². The molecule has 0 bridgehead atoms. The number of nitrogens with zero attached hydrogens (tertiary/aromatic N) is 1. The minimum Gasteiger partial charge on any atom is -0.342 e. The van der Waals surface area contributed by atoms with Crippen LogP contribution in [-0.4, -0.2) is 34.8 Å². The normalized spacial score (nSPS) is 39.4. The summed E-state index contributed by atoms with van der Waals surface area (Å²) in [7, 11) is 0. The van der Waals surface area contributed by atoms with Crippen LogP contribution in [-0.2, 0) is 9.59 Å². The lowest BCUT2D eigenvalue weighted by Crippen LogP contribution is -2.58. The molecular weight excluding hydrogens is 252 g/mol. The van der Waals surface area contributed by atoms with E-state index >= 15 is 0 Å². The van der Waals surface area contributed by atoms with Gasteiger partial charge < -0.3 is 10.2 Å².